The van der Waals surface area contributed by atoms with Gasteiger partial charge in [0.25, 0.3) is 0 Å². The number of nitrogens with zero attached hydrogens (tertiary/aromatic N) is 1. The Labute approximate surface area is 89.5 Å². The summed E-state index contributed by atoms with van der Waals surface area (Å²) in [6.07, 6.45) is 0. The van der Waals surface area contributed by atoms with Gasteiger partial charge >= 0.3 is 0 Å². The van der Waals surface area contributed by atoms with E-state index in [1.165, 1.54) is 15.9 Å². The van der Waals surface area contributed by atoms with Crippen LogP contribution in [0.4, 0.5) is 0 Å². The Kier molecular flexibility index (Phi) is 1.93. The molecule has 0 saturated carbocycles. The molecule has 2 aromatic carbocycles. The van der Waals surface area contributed by atoms with Crippen LogP contribution >= 0.6 is 7.69 Å². The highest BCUT2D eigenvalue weighted by Gasteiger charge is 2.11. The Balaban J connectivity index is 2.64. The van der Waals surface area contributed by atoms with Crippen molar-refractivity contribution in [3.63, 3.8) is 0 Å². The lowest BCUT2D eigenvalue weighted by Gasteiger charge is -1.98. The fourth-order valence-corrected chi connectivity index (χ4v) is 3.44. The first kappa shape index (κ1) is 8.82. The van der Waals surface area contributed by atoms with Crippen molar-refractivity contribution in [3.8, 4) is 0 Å². The summed E-state index contributed by atoms with van der Waals surface area (Å²) in [5.41, 5.74) is 1.14. The van der Waals surface area contributed by atoms with Gasteiger partial charge in [-0.05, 0) is 18.2 Å². The van der Waals surface area contributed by atoms with E-state index in [0.29, 0.717) is 0 Å². The standard InChI is InChI=1S/C13H11NP/c1-15-13-9-5-3-7-11(13)10-6-2-4-8-12(10)14-15/h2-9H,1H3/q+1. The number of hydrogen-bond donors (Lipinski definition) is 0. The summed E-state index contributed by atoms with van der Waals surface area (Å²) in [5.74, 6) is 0. The van der Waals surface area contributed by atoms with Crippen molar-refractivity contribution in [2.45, 2.75) is 0 Å². The van der Waals surface area contributed by atoms with Crippen LogP contribution < -0.4 is 0 Å². The van der Waals surface area contributed by atoms with Gasteiger partial charge in [0.1, 0.15) is 12.2 Å². The number of aryl methyl sites for hydroxylation is 1. The molecule has 0 aliphatic heterocycles. The molecule has 0 bridgehead atoms. The van der Waals surface area contributed by atoms with Gasteiger partial charge in [0, 0.05) is 10.8 Å². The maximum atomic E-state index is 4.75. The van der Waals surface area contributed by atoms with E-state index in [-0.39, 0.29) is 7.69 Å². The molecule has 3 rings (SSSR count). The topological polar surface area (TPSA) is 12.9 Å². The molecule has 0 spiro atoms. The molecule has 1 nitrogen and oxygen atoms in total. The quantitative estimate of drug-likeness (QED) is 0.509. The molecule has 1 unspecified atom stereocenters. The van der Waals surface area contributed by atoms with Crippen molar-refractivity contribution in [3.05, 3.63) is 48.5 Å². The summed E-state index contributed by atoms with van der Waals surface area (Å²) in [6, 6.07) is 17.0. The zero-order valence-electron chi connectivity index (χ0n) is 8.51. The van der Waals surface area contributed by atoms with Crippen LogP contribution in [0.15, 0.2) is 48.5 Å². The smallest absolute Gasteiger partial charge is 0.0668 e. The minimum atomic E-state index is -0.369. The van der Waals surface area contributed by atoms with Crippen molar-refractivity contribution < 1.29 is 0 Å². The van der Waals surface area contributed by atoms with E-state index in [4.69, 9.17) is 4.75 Å². The predicted molar refractivity (Wildman–Crippen MR) is 67.3 cm³/mol. The highest BCUT2D eigenvalue weighted by molar-refractivity contribution is 7.50. The summed E-state index contributed by atoms with van der Waals surface area (Å²) < 4.78 is 4.75. The predicted octanol–water partition coefficient (Wildman–Crippen LogP) is 4.19. The second kappa shape index (κ2) is 3.29. The van der Waals surface area contributed by atoms with Crippen LogP contribution in [0.3, 0.4) is 0 Å². The van der Waals surface area contributed by atoms with Crippen LogP contribution in [0.5, 0.6) is 0 Å². The molecule has 72 valence electrons. The van der Waals surface area contributed by atoms with Crippen LogP contribution in [-0.2, 0) is 6.66 Å². The first-order valence-electron chi connectivity index (χ1n) is 5.00. The second-order valence-corrected chi connectivity index (χ2v) is 5.39. The molecule has 0 radical (unpaired) electrons. The number of rotatable bonds is 0. The van der Waals surface area contributed by atoms with Crippen molar-refractivity contribution in [1.82, 2.24) is 4.75 Å². The normalized spacial score (nSPS) is 12.2. The van der Waals surface area contributed by atoms with Gasteiger partial charge in [-0.3, -0.25) is 0 Å². The molecule has 2 heteroatoms. The first-order valence-corrected chi connectivity index (χ1v) is 6.74. The molecular formula is C13H11NP+. The lowest BCUT2D eigenvalue weighted by molar-refractivity contribution is 1.61. The van der Waals surface area contributed by atoms with Crippen LogP contribution in [0, 0.1) is 0 Å². The Hall–Kier alpha value is -1.46. The van der Waals surface area contributed by atoms with E-state index in [1.54, 1.807) is 0 Å². The van der Waals surface area contributed by atoms with Gasteiger partial charge in [-0.25, -0.2) is 0 Å². The van der Waals surface area contributed by atoms with Crippen molar-refractivity contribution in [1.29, 1.82) is 0 Å². The number of aromatic nitrogens is 1. The zero-order valence-corrected chi connectivity index (χ0v) is 9.41. The Bertz CT molecular complexity index is 646. The molecule has 1 heterocycles. The molecule has 1 atom stereocenters. The summed E-state index contributed by atoms with van der Waals surface area (Å²) in [4.78, 5) is 0. The highest BCUT2D eigenvalue weighted by Crippen LogP contribution is 2.35. The maximum absolute atomic E-state index is 4.75. The van der Waals surface area contributed by atoms with E-state index in [2.05, 4.69) is 55.2 Å². The van der Waals surface area contributed by atoms with Gasteiger partial charge in [0.2, 0.25) is 7.69 Å². The van der Waals surface area contributed by atoms with Crippen LogP contribution in [0.25, 0.3) is 21.4 Å². The number of fused-ring (bicyclic) bond motifs is 3. The fraction of sp³-hybridized carbons (Fsp3) is 0.0769. The molecule has 15 heavy (non-hydrogen) atoms. The van der Waals surface area contributed by atoms with E-state index in [0.717, 1.165) is 5.52 Å². The average molecular weight is 212 g/mol. The van der Waals surface area contributed by atoms with Crippen LogP contribution in [0.2, 0.25) is 0 Å². The van der Waals surface area contributed by atoms with Gasteiger partial charge < -0.3 is 0 Å². The molecule has 1 aromatic heterocycles. The van der Waals surface area contributed by atoms with Gasteiger partial charge in [0.05, 0.1) is 0 Å². The molecule has 0 saturated heterocycles. The van der Waals surface area contributed by atoms with Crippen molar-refractivity contribution >= 4 is 29.1 Å². The largest absolute Gasteiger partial charge is 0.241 e. The van der Waals surface area contributed by atoms with Gasteiger partial charge in [-0.1, -0.05) is 35.1 Å². The molecule has 0 aliphatic rings. The number of hydrogen-bond acceptors (Lipinski definition) is 1. The van der Waals surface area contributed by atoms with Crippen LogP contribution in [0.1, 0.15) is 0 Å². The first-order chi connectivity index (χ1) is 7.36. The SMILES string of the molecule is C[p+]1nc2ccccc2c2ccccc21. The minimum absolute atomic E-state index is 0.369. The molecule has 0 aliphatic carbocycles. The highest BCUT2D eigenvalue weighted by atomic mass is 31.1. The Morgan fingerprint density at radius 1 is 0.867 bits per heavy atom. The summed E-state index contributed by atoms with van der Waals surface area (Å²) >= 11 is 0. The second-order valence-electron chi connectivity index (χ2n) is 3.66. The van der Waals surface area contributed by atoms with E-state index in [9.17, 15) is 0 Å². The third-order valence-electron chi connectivity index (χ3n) is 2.70. The Morgan fingerprint density at radius 3 is 2.40 bits per heavy atom. The molecule has 0 N–H and O–H groups in total. The van der Waals surface area contributed by atoms with E-state index >= 15 is 0 Å². The van der Waals surface area contributed by atoms with Crippen LogP contribution in [-0.4, -0.2) is 4.75 Å². The third kappa shape index (κ3) is 1.32. The monoisotopic (exact) mass is 212 g/mol. The fourth-order valence-electron chi connectivity index (χ4n) is 1.99. The van der Waals surface area contributed by atoms with Gasteiger partial charge in [0.15, 0.2) is 5.12 Å². The van der Waals surface area contributed by atoms with Gasteiger partial charge in [-0.15, -0.1) is 0 Å². The van der Waals surface area contributed by atoms with Crippen molar-refractivity contribution in [2.75, 3.05) is 0 Å². The third-order valence-corrected chi connectivity index (χ3v) is 4.31. The lowest BCUT2D eigenvalue weighted by Crippen LogP contribution is -1.79. The average Bonchev–Trinajstić information content (AvgIpc) is 2.30. The number of benzene rings is 2. The summed E-state index contributed by atoms with van der Waals surface area (Å²) in [6.45, 7) is 2.21. The lowest BCUT2D eigenvalue weighted by atomic mass is 10.1. The molecule has 0 amide bonds. The van der Waals surface area contributed by atoms with Gasteiger partial charge in [-0.2, -0.15) is 0 Å². The molecular weight excluding hydrogens is 201 g/mol. The summed E-state index contributed by atoms with van der Waals surface area (Å²) in [7, 11) is -0.369. The molecule has 0 fully saturated rings. The van der Waals surface area contributed by atoms with Crippen molar-refractivity contribution in [2.24, 2.45) is 6.66 Å². The summed E-state index contributed by atoms with van der Waals surface area (Å²) in [5, 5.41) is 4.02. The van der Waals surface area contributed by atoms with E-state index in [1.807, 2.05) is 0 Å². The Morgan fingerprint density at radius 2 is 1.53 bits per heavy atom. The zero-order chi connectivity index (χ0) is 10.3. The molecule has 3 aromatic rings. The van der Waals surface area contributed by atoms with E-state index < -0.39 is 0 Å². The minimum Gasteiger partial charge on any atom is -0.0668 e. The maximum Gasteiger partial charge on any atom is 0.241 e.